The zero-order valence-corrected chi connectivity index (χ0v) is 9.97. The van der Waals surface area contributed by atoms with Gasteiger partial charge in [-0.2, -0.15) is 0 Å². The molecule has 1 atom stereocenters. The number of hydrogen-bond acceptors (Lipinski definition) is 2. The summed E-state index contributed by atoms with van der Waals surface area (Å²) in [6.07, 6.45) is 6.66. The van der Waals surface area contributed by atoms with Gasteiger partial charge in [0.25, 0.3) is 0 Å². The molecule has 2 nitrogen and oxygen atoms in total. The van der Waals surface area contributed by atoms with E-state index in [1.165, 1.54) is 32.1 Å². The van der Waals surface area contributed by atoms with Crippen molar-refractivity contribution in [1.82, 2.24) is 5.32 Å². The minimum absolute atomic E-state index is 0.385. The summed E-state index contributed by atoms with van der Waals surface area (Å²) in [6.45, 7) is 7.62. The van der Waals surface area contributed by atoms with Crippen LogP contribution in [0.1, 0.15) is 52.9 Å². The summed E-state index contributed by atoms with van der Waals surface area (Å²) in [5.41, 5.74) is 6.18. The van der Waals surface area contributed by atoms with Crippen LogP contribution in [-0.2, 0) is 0 Å². The molecule has 14 heavy (non-hydrogen) atoms. The molecule has 84 valence electrons. The molecule has 0 heterocycles. The minimum atomic E-state index is 0.385. The number of rotatable bonds is 4. The molecule has 1 aliphatic carbocycles. The van der Waals surface area contributed by atoms with Crippen LogP contribution in [0.2, 0.25) is 0 Å². The van der Waals surface area contributed by atoms with Crippen molar-refractivity contribution in [2.24, 2.45) is 11.1 Å². The fourth-order valence-corrected chi connectivity index (χ4v) is 2.38. The molecule has 0 amide bonds. The highest BCUT2D eigenvalue weighted by Gasteiger charge is 2.22. The second-order valence-electron chi connectivity index (χ2n) is 5.85. The first-order valence-electron chi connectivity index (χ1n) is 5.97. The van der Waals surface area contributed by atoms with Crippen molar-refractivity contribution in [3.63, 3.8) is 0 Å². The third-order valence-electron chi connectivity index (χ3n) is 2.97. The first-order valence-corrected chi connectivity index (χ1v) is 5.97. The molecule has 0 spiro atoms. The third kappa shape index (κ3) is 4.43. The van der Waals surface area contributed by atoms with Crippen molar-refractivity contribution < 1.29 is 0 Å². The van der Waals surface area contributed by atoms with Crippen molar-refractivity contribution in [3.8, 4) is 0 Å². The molecule has 2 heteroatoms. The number of nitrogens with two attached hydrogens (primary N) is 1. The first-order chi connectivity index (χ1) is 6.51. The lowest BCUT2D eigenvalue weighted by Crippen LogP contribution is -2.43. The molecule has 0 aliphatic heterocycles. The Morgan fingerprint density at radius 1 is 1.29 bits per heavy atom. The van der Waals surface area contributed by atoms with Crippen LogP contribution in [0, 0.1) is 5.41 Å². The fourth-order valence-electron chi connectivity index (χ4n) is 2.38. The third-order valence-corrected chi connectivity index (χ3v) is 2.97. The second-order valence-corrected chi connectivity index (χ2v) is 5.85. The average Bonchev–Trinajstić information content (AvgIpc) is 2.53. The van der Waals surface area contributed by atoms with Gasteiger partial charge in [-0.3, -0.25) is 0 Å². The molecule has 0 saturated heterocycles. The summed E-state index contributed by atoms with van der Waals surface area (Å²) in [5, 5.41) is 3.70. The minimum Gasteiger partial charge on any atom is -0.329 e. The summed E-state index contributed by atoms with van der Waals surface area (Å²) in [4.78, 5) is 0. The van der Waals surface area contributed by atoms with E-state index in [-0.39, 0.29) is 0 Å². The van der Waals surface area contributed by atoms with Crippen molar-refractivity contribution in [3.05, 3.63) is 0 Å². The molecule has 3 N–H and O–H groups in total. The largest absolute Gasteiger partial charge is 0.329 e. The van der Waals surface area contributed by atoms with Crippen molar-refractivity contribution in [2.45, 2.75) is 65.0 Å². The van der Waals surface area contributed by atoms with Gasteiger partial charge < -0.3 is 11.1 Å². The Bertz CT molecular complexity index is 154. The van der Waals surface area contributed by atoms with Crippen LogP contribution in [0.15, 0.2) is 0 Å². The highest BCUT2D eigenvalue weighted by atomic mass is 15.0. The Hall–Kier alpha value is -0.0800. The topological polar surface area (TPSA) is 38.0 Å². The van der Waals surface area contributed by atoms with Crippen molar-refractivity contribution >= 4 is 0 Å². The molecule has 0 aromatic rings. The van der Waals surface area contributed by atoms with Crippen molar-refractivity contribution in [2.75, 3.05) is 6.54 Å². The summed E-state index contributed by atoms with van der Waals surface area (Å²) in [6, 6.07) is 1.25. The lowest BCUT2D eigenvalue weighted by molar-refractivity contribution is 0.293. The standard InChI is InChI=1S/C12H26N2/c1-12(2,3)8-11(9-13)14-10-6-4-5-7-10/h10-11,14H,4-9,13H2,1-3H3. The maximum atomic E-state index is 5.80. The highest BCUT2D eigenvalue weighted by Crippen LogP contribution is 2.23. The number of nitrogens with one attached hydrogen (secondary N) is 1. The van der Waals surface area contributed by atoms with E-state index < -0.39 is 0 Å². The van der Waals surface area contributed by atoms with Gasteiger partial charge in [0.15, 0.2) is 0 Å². The summed E-state index contributed by atoms with van der Waals surface area (Å²) in [7, 11) is 0. The smallest absolute Gasteiger partial charge is 0.0197 e. The van der Waals surface area contributed by atoms with E-state index in [2.05, 4.69) is 26.1 Å². The van der Waals surface area contributed by atoms with Crippen LogP contribution < -0.4 is 11.1 Å². The van der Waals surface area contributed by atoms with E-state index in [1.54, 1.807) is 0 Å². The lowest BCUT2D eigenvalue weighted by atomic mass is 9.88. The van der Waals surface area contributed by atoms with Gasteiger partial charge in [0.05, 0.1) is 0 Å². The normalized spacial score (nSPS) is 21.4. The Morgan fingerprint density at radius 2 is 1.86 bits per heavy atom. The van der Waals surface area contributed by atoms with E-state index in [1.807, 2.05) is 0 Å². The van der Waals surface area contributed by atoms with Crippen LogP contribution in [-0.4, -0.2) is 18.6 Å². The Kier molecular flexibility index (Phi) is 4.39. The van der Waals surface area contributed by atoms with E-state index in [0.717, 1.165) is 12.6 Å². The summed E-state index contributed by atoms with van der Waals surface area (Å²) in [5.74, 6) is 0. The van der Waals surface area contributed by atoms with Crippen LogP contribution in [0.3, 0.4) is 0 Å². The van der Waals surface area contributed by atoms with Crippen LogP contribution >= 0.6 is 0 Å². The molecule has 1 saturated carbocycles. The van der Waals surface area contributed by atoms with Gasteiger partial charge in [-0.15, -0.1) is 0 Å². The molecule has 0 aromatic heterocycles. The average molecular weight is 198 g/mol. The molecular weight excluding hydrogens is 172 g/mol. The maximum Gasteiger partial charge on any atom is 0.0197 e. The van der Waals surface area contributed by atoms with Gasteiger partial charge in [0.2, 0.25) is 0 Å². The van der Waals surface area contributed by atoms with Crippen molar-refractivity contribution in [1.29, 1.82) is 0 Å². The molecule has 1 unspecified atom stereocenters. The fraction of sp³-hybridized carbons (Fsp3) is 1.00. The molecule has 1 aliphatic rings. The monoisotopic (exact) mass is 198 g/mol. The molecule has 1 rings (SSSR count). The number of hydrogen-bond donors (Lipinski definition) is 2. The summed E-state index contributed by atoms with van der Waals surface area (Å²) >= 11 is 0. The zero-order chi connectivity index (χ0) is 10.6. The van der Waals surface area contributed by atoms with Gasteiger partial charge in [-0.25, -0.2) is 0 Å². The molecule has 0 bridgehead atoms. The Balaban J connectivity index is 2.30. The van der Waals surface area contributed by atoms with E-state index >= 15 is 0 Å². The first kappa shape index (κ1) is 12.0. The van der Waals surface area contributed by atoms with Gasteiger partial charge in [-0.1, -0.05) is 33.6 Å². The predicted octanol–water partition coefficient (Wildman–Crippen LogP) is 2.28. The quantitative estimate of drug-likeness (QED) is 0.727. The van der Waals surface area contributed by atoms with E-state index in [4.69, 9.17) is 5.73 Å². The van der Waals surface area contributed by atoms with E-state index in [0.29, 0.717) is 11.5 Å². The molecule has 1 fully saturated rings. The Labute approximate surface area is 88.6 Å². The van der Waals surface area contributed by atoms with Gasteiger partial charge in [0, 0.05) is 18.6 Å². The Morgan fingerprint density at radius 3 is 2.29 bits per heavy atom. The zero-order valence-electron chi connectivity index (χ0n) is 9.97. The van der Waals surface area contributed by atoms with Crippen LogP contribution in [0.4, 0.5) is 0 Å². The van der Waals surface area contributed by atoms with Crippen LogP contribution in [0.25, 0.3) is 0 Å². The summed E-state index contributed by atoms with van der Waals surface area (Å²) < 4.78 is 0. The molecular formula is C12H26N2. The lowest BCUT2D eigenvalue weighted by Gasteiger charge is -2.28. The van der Waals surface area contributed by atoms with Gasteiger partial charge in [0.1, 0.15) is 0 Å². The maximum absolute atomic E-state index is 5.80. The molecule has 0 aromatic carbocycles. The van der Waals surface area contributed by atoms with Gasteiger partial charge >= 0.3 is 0 Å². The SMILES string of the molecule is CC(C)(C)CC(CN)NC1CCCC1. The van der Waals surface area contributed by atoms with E-state index in [9.17, 15) is 0 Å². The second kappa shape index (κ2) is 5.13. The van der Waals surface area contributed by atoms with Crippen LogP contribution in [0.5, 0.6) is 0 Å². The van der Waals surface area contributed by atoms with Gasteiger partial charge in [-0.05, 0) is 24.7 Å². The molecule has 0 radical (unpaired) electrons. The highest BCUT2D eigenvalue weighted by molar-refractivity contribution is 4.82. The predicted molar refractivity (Wildman–Crippen MR) is 62.3 cm³/mol.